The van der Waals surface area contributed by atoms with Crippen molar-refractivity contribution in [1.29, 1.82) is 0 Å². The molecule has 0 radical (unpaired) electrons. The van der Waals surface area contributed by atoms with Crippen LogP contribution in [0, 0.1) is 0 Å². The normalized spacial score (nSPS) is 22.1. The van der Waals surface area contributed by atoms with Crippen LogP contribution in [0.2, 0.25) is 0 Å². The van der Waals surface area contributed by atoms with E-state index in [9.17, 15) is 5.11 Å². The van der Waals surface area contributed by atoms with Gasteiger partial charge in [-0.3, -0.25) is 0 Å². The number of aromatic hydroxyl groups is 1. The summed E-state index contributed by atoms with van der Waals surface area (Å²) in [6.45, 7) is 3.35. The van der Waals surface area contributed by atoms with Gasteiger partial charge in [0, 0.05) is 23.8 Å². The molecule has 1 heterocycles. The van der Waals surface area contributed by atoms with E-state index in [1.807, 2.05) is 12.1 Å². The van der Waals surface area contributed by atoms with E-state index in [-0.39, 0.29) is 0 Å². The van der Waals surface area contributed by atoms with E-state index in [1.165, 1.54) is 19.3 Å². The molecule has 0 amide bonds. The summed E-state index contributed by atoms with van der Waals surface area (Å²) in [4.78, 5) is 0. The lowest BCUT2D eigenvalue weighted by Crippen LogP contribution is -2.37. The number of piperidine rings is 1. The maximum Gasteiger partial charge on any atom is 0.117 e. The Morgan fingerprint density at radius 1 is 1.47 bits per heavy atom. The molecule has 3 heteroatoms. The third-order valence-corrected chi connectivity index (χ3v) is 3.31. The van der Waals surface area contributed by atoms with Gasteiger partial charge in [-0.25, -0.2) is 0 Å². The van der Waals surface area contributed by atoms with Gasteiger partial charge in [-0.15, -0.1) is 0 Å². The molecule has 0 bridgehead atoms. The molecule has 0 aliphatic carbocycles. The van der Waals surface area contributed by atoms with Gasteiger partial charge < -0.3 is 15.7 Å². The number of phenols is 1. The van der Waals surface area contributed by atoms with Gasteiger partial charge in [0.1, 0.15) is 5.75 Å². The van der Waals surface area contributed by atoms with Gasteiger partial charge in [0.25, 0.3) is 0 Å². The van der Waals surface area contributed by atoms with Crippen molar-refractivity contribution in [3.8, 4) is 5.75 Å². The molecule has 0 aromatic heterocycles. The molecule has 1 aliphatic rings. The topological polar surface area (TPSA) is 44.3 Å². The van der Waals surface area contributed by atoms with Crippen LogP contribution < -0.4 is 10.6 Å². The van der Waals surface area contributed by atoms with Gasteiger partial charge in [-0.05, 0) is 44.9 Å². The summed E-state index contributed by atoms with van der Waals surface area (Å²) >= 11 is 0. The monoisotopic (exact) mass is 234 g/mol. The van der Waals surface area contributed by atoms with Crippen LogP contribution >= 0.6 is 0 Å². The summed E-state index contributed by atoms with van der Waals surface area (Å²) in [6, 6.07) is 8.38. The minimum atomic E-state index is 0.318. The van der Waals surface area contributed by atoms with E-state index in [1.54, 1.807) is 12.1 Å². The maximum atomic E-state index is 9.40. The summed E-state index contributed by atoms with van der Waals surface area (Å²) in [6.07, 6.45) is 5.07. The fourth-order valence-corrected chi connectivity index (χ4v) is 2.49. The Bertz CT molecular complexity index is 348. The molecular weight excluding hydrogens is 212 g/mol. The molecule has 1 aliphatic heterocycles. The van der Waals surface area contributed by atoms with Crippen molar-refractivity contribution in [2.45, 2.75) is 44.7 Å². The van der Waals surface area contributed by atoms with E-state index >= 15 is 0 Å². The molecule has 3 nitrogen and oxygen atoms in total. The molecule has 1 fully saturated rings. The lowest BCUT2D eigenvalue weighted by atomic mass is 9.99. The highest BCUT2D eigenvalue weighted by molar-refractivity contribution is 5.48. The summed E-state index contributed by atoms with van der Waals surface area (Å²) < 4.78 is 0. The van der Waals surface area contributed by atoms with Crippen LogP contribution in [0.1, 0.15) is 32.6 Å². The van der Waals surface area contributed by atoms with Gasteiger partial charge in [-0.1, -0.05) is 12.5 Å². The van der Waals surface area contributed by atoms with Gasteiger partial charge in [0.05, 0.1) is 0 Å². The highest BCUT2D eigenvalue weighted by atomic mass is 16.3. The first-order chi connectivity index (χ1) is 8.24. The Balaban J connectivity index is 1.82. The molecule has 1 aromatic rings. The Kier molecular flexibility index (Phi) is 4.26. The highest BCUT2D eigenvalue weighted by Crippen LogP contribution is 2.18. The number of anilines is 1. The smallest absolute Gasteiger partial charge is 0.117 e. The third kappa shape index (κ3) is 3.93. The summed E-state index contributed by atoms with van der Waals surface area (Å²) in [5.41, 5.74) is 0.994. The van der Waals surface area contributed by atoms with Crippen molar-refractivity contribution in [3.05, 3.63) is 24.3 Å². The standard InChI is InChI=1S/C14H22N2O/c1-11(9-12-5-2-3-8-15-12)16-13-6-4-7-14(17)10-13/h4,6-7,10-12,15-17H,2-3,5,8-9H2,1H3. The van der Waals surface area contributed by atoms with Crippen LogP contribution in [-0.2, 0) is 0 Å². The zero-order valence-electron chi connectivity index (χ0n) is 10.4. The molecule has 3 N–H and O–H groups in total. The van der Waals surface area contributed by atoms with Crippen LogP contribution in [0.5, 0.6) is 5.75 Å². The lowest BCUT2D eigenvalue weighted by molar-refractivity contribution is 0.371. The second-order valence-electron chi connectivity index (χ2n) is 4.98. The summed E-state index contributed by atoms with van der Waals surface area (Å²) in [5.74, 6) is 0.318. The summed E-state index contributed by atoms with van der Waals surface area (Å²) in [5, 5.41) is 16.4. The van der Waals surface area contributed by atoms with E-state index < -0.39 is 0 Å². The van der Waals surface area contributed by atoms with E-state index in [0.717, 1.165) is 18.7 Å². The second-order valence-corrected chi connectivity index (χ2v) is 4.98. The van der Waals surface area contributed by atoms with Crippen molar-refractivity contribution in [2.75, 3.05) is 11.9 Å². The molecule has 17 heavy (non-hydrogen) atoms. The molecule has 2 atom stereocenters. The SMILES string of the molecule is CC(CC1CCCCN1)Nc1cccc(O)c1. The minimum Gasteiger partial charge on any atom is -0.508 e. The highest BCUT2D eigenvalue weighted by Gasteiger charge is 2.15. The largest absolute Gasteiger partial charge is 0.508 e. The predicted molar refractivity (Wildman–Crippen MR) is 71.5 cm³/mol. The Morgan fingerprint density at radius 2 is 2.35 bits per heavy atom. The van der Waals surface area contributed by atoms with Crippen LogP contribution in [0.15, 0.2) is 24.3 Å². The fraction of sp³-hybridized carbons (Fsp3) is 0.571. The fourth-order valence-electron chi connectivity index (χ4n) is 2.49. The molecule has 1 saturated heterocycles. The van der Waals surface area contributed by atoms with Crippen LogP contribution in [-0.4, -0.2) is 23.7 Å². The van der Waals surface area contributed by atoms with Crippen molar-refractivity contribution in [3.63, 3.8) is 0 Å². The zero-order valence-corrected chi connectivity index (χ0v) is 10.4. The zero-order chi connectivity index (χ0) is 12.1. The molecule has 2 unspecified atom stereocenters. The van der Waals surface area contributed by atoms with Gasteiger partial charge >= 0.3 is 0 Å². The summed E-state index contributed by atoms with van der Waals surface area (Å²) in [7, 11) is 0. The number of hydrogen-bond acceptors (Lipinski definition) is 3. The molecule has 2 rings (SSSR count). The van der Waals surface area contributed by atoms with Gasteiger partial charge in [0.15, 0.2) is 0 Å². The number of rotatable bonds is 4. The molecule has 0 saturated carbocycles. The van der Waals surface area contributed by atoms with Crippen molar-refractivity contribution >= 4 is 5.69 Å². The average Bonchev–Trinajstić information content (AvgIpc) is 2.30. The van der Waals surface area contributed by atoms with Crippen molar-refractivity contribution in [1.82, 2.24) is 5.32 Å². The molecule has 94 valence electrons. The molecule has 0 spiro atoms. The number of benzene rings is 1. The predicted octanol–water partition coefficient (Wildman–Crippen LogP) is 2.72. The first kappa shape index (κ1) is 12.2. The first-order valence-corrected chi connectivity index (χ1v) is 6.53. The van der Waals surface area contributed by atoms with E-state index in [4.69, 9.17) is 0 Å². The average molecular weight is 234 g/mol. The quantitative estimate of drug-likeness (QED) is 0.750. The van der Waals surface area contributed by atoms with Crippen molar-refractivity contribution in [2.24, 2.45) is 0 Å². The van der Waals surface area contributed by atoms with Crippen LogP contribution in [0.4, 0.5) is 5.69 Å². The number of phenolic OH excluding ortho intramolecular Hbond substituents is 1. The number of nitrogens with one attached hydrogen (secondary N) is 2. The third-order valence-electron chi connectivity index (χ3n) is 3.31. The van der Waals surface area contributed by atoms with E-state index in [2.05, 4.69) is 17.6 Å². The van der Waals surface area contributed by atoms with Crippen LogP contribution in [0.3, 0.4) is 0 Å². The number of hydrogen-bond donors (Lipinski definition) is 3. The minimum absolute atomic E-state index is 0.318. The van der Waals surface area contributed by atoms with Crippen LogP contribution in [0.25, 0.3) is 0 Å². The Morgan fingerprint density at radius 3 is 3.06 bits per heavy atom. The van der Waals surface area contributed by atoms with Gasteiger partial charge in [-0.2, -0.15) is 0 Å². The maximum absolute atomic E-state index is 9.40. The second kappa shape index (κ2) is 5.92. The molecular formula is C14H22N2O. The molecule has 1 aromatic carbocycles. The first-order valence-electron chi connectivity index (χ1n) is 6.53. The van der Waals surface area contributed by atoms with Crippen molar-refractivity contribution < 1.29 is 5.11 Å². The van der Waals surface area contributed by atoms with E-state index in [0.29, 0.717) is 17.8 Å². The Hall–Kier alpha value is -1.22. The lowest BCUT2D eigenvalue weighted by Gasteiger charge is -2.27. The Labute approximate surface area is 103 Å². The van der Waals surface area contributed by atoms with Gasteiger partial charge in [0.2, 0.25) is 0 Å².